The van der Waals surface area contributed by atoms with Gasteiger partial charge < -0.3 is 10.0 Å². The van der Waals surface area contributed by atoms with Crippen molar-refractivity contribution in [3.05, 3.63) is 71.8 Å². The van der Waals surface area contributed by atoms with Gasteiger partial charge >= 0.3 is 0 Å². The normalized spacial score (nSPS) is 13.7. The summed E-state index contributed by atoms with van der Waals surface area (Å²) in [5.41, 5.74) is 4.35. The third-order valence-electron chi connectivity index (χ3n) is 5.20. The molecule has 31 heavy (non-hydrogen) atoms. The quantitative estimate of drug-likeness (QED) is 0.442. The van der Waals surface area contributed by atoms with Crippen LogP contribution < -0.4 is 9.62 Å². The third kappa shape index (κ3) is 4.55. The summed E-state index contributed by atoms with van der Waals surface area (Å²) in [6.07, 6.45) is 3.72. The van der Waals surface area contributed by atoms with Gasteiger partial charge in [-0.3, -0.25) is 9.52 Å². The molecule has 160 valence electrons. The van der Waals surface area contributed by atoms with E-state index in [1.54, 1.807) is 22.7 Å². The monoisotopic (exact) mass is 454 g/mol. The smallest absolute Gasteiger partial charge is 0.258 e. The highest BCUT2D eigenvalue weighted by Gasteiger charge is 2.26. The average molecular weight is 455 g/mol. The van der Waals surface area contributed by atoms with Crippen molar-refractivity contribution in [2.24, 2.45) is 0 Å². The fourth-order valence-corrected chi connectivity index (χ4v) is 4.64. The standard InChI is InChI=1S/C23H22N2O4S2/c1-30-19-7-3-15(4-8-19)16-5-9-20-17(13-16)11-12-25(23(20)27)18-6-10-22(26)21(14-18)24-31(2,28)29/h3-10,13-14,24,26H,11-12H2,1-2H3. The first-order valence-electron chi connectivity index (χ1n) is 9.65. The summed E-state index contributed by atoms with van der Waals surface area (Å²) in [7, 11) is -3.56. The van der Waals surface area contributed by atoms with Crippen LogP contribution in [0.1, 0.15) is 15.9 Å². The van der Waals surface area contributed by atoms with E-state index in [4.69, 9.17) is 0 Å². The number of phenols is 1. The lowest BCUT2D eigenvalue weighted by atomic mass is 9.94. The molecule has 0 spiro atoms. The second-order valence-corrected chi connectivity index (χ2v) is 10.0. The highest BCUT2D eigenvalue weighted by atomic mass is 32.2. The minimum atomic E-state index is -3.56. The number of benzene rings is 3. The van der Waals surface area contributed by atoms with Crippen LogP contribution in [0.4, 0.5) is 11.4 Å². The van der Waals surface area contributed by atoms with Gasteiger partial charge in [0.15, 0.2) is 0 Å². The van der Waals surface area contributed by atoms with E-state index in [0.29, 0.717) is 24.2 Å². The first kappa shape index (κ1) is 21.3. The molecule has 6 nitrogen and oxygen atoms in total. The predicted molar refractivity (Wildman–Crippen MR) is 126 cm³/mol. The molecule has 0 saturated carbocycles. The number of thioether (sulfide) groups is 1. The maximum absolute atomic E-state index is 13.2. The Morgan fingerprint density at radius 2 is 1.71 bits per heavy atom. The fourth-order valence-electron chi connectivity index (χ4n) is 3.67. The van der Waals surface area contributed by atoms with Crippen molar-refractivity contribution in [2.75, 3.05) is 28.7 Å². The van der Waals surface area contributed by atoms with Crippen molar-refractivity contribution in [3.63, 3.8) is 0 Å². The molecule has 1 aliphatic rings. The van der Waals surface area contributed by atoms with Crippen LogP contribution in [0, 0.1) is 0 Å². The van der Waals surface area contributed by atoms with Crippen LogP contribution >= 0.6 is 11.8 Å². The molecule has 0 saturated heterocycles. The number of hydrogen-bond donors (Lipinski definition) is 2. The van der Waals surface area contributed by atoms with Gasteiger partial charge in [-0.05, 0) is 65.8 Å². The van der Waals surface area contributed by atoms with E-state index in [1.165, 1.54) is 17.0 Å². The Morgan fingerprint density at radius 3 is 2.39 bits per heavy atom. The number of phenolic OH excluding ortho intramolecular Hbond substituents is 1. The topological polar surface area (TPSA) is 86.7 Å². The molecule has 1 heterocycles. The number of nitrogens with one attached hydrogen (secondary N) is 1. The van der Waals surface area contributed by atoms with Crippen molar-refractivity contribution >= 4 is 39.1 Å². The van der Waals surface area contributed by atoms with Crippen LogP contribution in [0.5, 0.6) is 5.75 Å². The Kier molecular flexibility index (Phi) is 5.68. The molecule has 1 aliphatic heterocycles. The Morgan fingerprint density at radius 1 is 1.00 bits per heavy atom. The van der Waals surface area contributed by atoms with Crippen molar-refractivity contribution in [1.29, 1.82) is 0 Å². The SMILES string of the molecule is CSc1ccc(-c2ccc3c(c2)CCN(c2ccc(O)c(NS(C)(=O)=O)c2)C3=O)cc1. The number of anilines is 2. The van der Waals surface area contributed by atoms with E-state index in [2.05, 4.69) is 35.1 Å². The Hall–Kier alpha value is -2.97. The number of hydrogen-bond acceptors (Lipinski definition) is 5. The molecule has 4 rings (SSSR count). The summed E-state index contributed by atoms with van der Waals surface area (Å²) in [4.78, 5) is 16.0. The second kappa shape index (κ2) is 8.28. The Balaban J connectivity index is 1.62. The summed E-state index contributed by atoms with van der Waals surface area (Å²) in [6, 6.07) is 18.6. The molecular weight excluding hydrogens is 432 g/mol. The number of carbonyl (C=O) groups excluding carboxylic acids is 1. The molecule has 3 aromatic carbocycles. The molecule has 0 unspecified atom stereocenters. The fraction of sp³-hybridized carbons (Fsp3) is 0.174. The average Bonchev–Trinajstić information content (AvgIpc) is 2.74. The molecule has 2 N–H and O–H groups in total. The minimum absolute atomic E-state index is 0.0441. The zero-order valence-corrected chi connectivity index (χ0v) is 18.8. The van der Waals surface area contributed by atoms with E-state index in [-0.39, 0.29) is 17.3 Å². The van der Waals surface area contributed by atoms with Gasteiger partial charge in [0.05, 0.1) is 11.9 Å². The first-order valence-corrected chi connectivity index (χ1v) is 12.8. The van der Waals surface area contributed by atoms with Crippen molar-refractivity contribution in [2.45, 2.75) is 11.3 Å². The van der Waals surface area contributed by atoms with Crippen LogP contribution in [0.2, 0.25) is 0 Å². The number of sulfonamides is 1. The molecule has 0 bridgehead atoms. The molecule has 0 radical (unpaired) electrons. The summed E-state index contributed by atoms with van der Waals surface area (Å²) in [6.45, 7) is 0.462. The Bertz CT molecular complexity index is 1260. The predicted octanol–water partition coefficient (Wildman–Crippen LogP) is 4.36. The highest BCUT2D eigenvalue weighted by molar-refractivity contribution is 7.98. The van der Waals surface area contributed by atoms with E-state index >= 15 is 0 Å². The van der Waals surface area contributed by atoms with Crippen LogP contribution in [0.15, 0.2) is 65.6 Å². The van der Waals surface area contributed by atoms with E-state index in [1.807, 2.05) is 18.4 Å². The summed E-state index contributed by atoms with van der Waals surface area (Å²) in [5, 5.41) is 9.96. The minimum Gasteiger partial charge on any atom is -0.506 e. The third-order valence-corrected chi connectivity index (χ3v) is 6.53. The van der Waals surface area contributed by atoms with Gasteiger partial charge in [-0.2, -0.15) is 0 Å². The van der Waals surface area contributed by atoms with Crippen LogP contribution in [0.3, 0.4) is 0 Å². The zero-order valence-electron chi connectivity index (χ0n) is 17.1. The van der Waals surface area contributed by atoms with Gasteiger partial charge in [-0.15, -0.1) is 11.8 Å². The summed E-state index contributed by atoms with van der Waals surface area (Å²) < 4.78 is 25.4. The first-order chi connectivity index (χ1) is 14.7. The number of amides is 1. The summed E-state index contributed by atoms with van der Waals surface area (Å²) in [5.74, 6) is -0.349. The number of fused-ring (bicyclic) bond motifs is 1. The second-order valence-electron chi connectivity index (χ2n) is 7.38. The van der Waals surface area contributed by atoms with Gasteiger partial charge in [0, 0.05) is 22.7 Å². The lowest BCUT2D eigenvalue weighted by Gasteiger charge is -2.29. The highest BCUT2D eigenvalue weighted by Crippen LogP contribution is 2.33. The summed E-state index contributed by atoms with van der Waals surface area (Å²) >= 11 is 1.69. The lowest BCUT2D eigenvalue weighted by molar-refractivity contribution is 0.0980. The van der Waals surface area contributed by atoms with E-state index < -0.39 is 10.0 Å². The number of nitrogens with zero attached hydrogens (tertiary/aromatic N) is 1. The molecule has 0 fully saturated rings. The van der Waals surface area contributed by atoms with Gasteiger partial charge in [0.1, 0.15) is 5.75 Å². The number of carbonyl (C=O) groups is 1. The van der Waals surface area contributed by atoms with Crippen LogP contribution in [0.25, 0.3) is 11.1 Å². The number of rotatable bonds is 5. The Labute approximate surface area is 186 Å². The molecular formula is C23H22N2O4S2. The van der Waals surface area contributed by atoms with Gasteiger partial charge in [-0.1, -0.05) is 24.3 Å². The van der Waals surface area contributed by atoms with Crippen LogP contribution in [-0.2, 0) is 16.4 Å². The van der Waals surface area contributed by atoms with E-state index in [0.717, 1.165) is 22.9 Å². The van der Waals surface area contributed by atoms with Crippen LogP contribution in [-0.4, -0.2) is 38.5 Å². The van der Waals surface area contributed by atoms with Gasteiger partial charge in [-0.25, -0.2) is 8.42 Å². The maximum atomic E-state index is 13.2. The molecule has 3 aromatic rings. The van der Waals surface area contributed by atoms with Crippen molar-refractivity contribution in [3.8, 4) is 16.9 Å². The van der Waals surface area contributed by atoms with Crippen molar-refractivity contribution < 1.29 is 18.3 Å². The molecule has 1 amide bonds. The van der Waals surface area contributed by atoms with Gasteiger partial charge in [0.25, 0.3) is 5.91 Å². The van der Waals surface area contributed by atoms with Crippen molar-refractivity contribution in [1.82, 2.24) is 0 Å². The van der Waals surface area contributed by atoms with Gasteiger partial charge in [0.2, 0.25) is 10.0 Å². The molecule has 0 atom stereocenters. The zero-order chi connectivity index (χ0) is 22.2. The maximum Gasteiger partial charge on any atom is 0.258 e. The lowest BCUT2D eigenvalue weighted by Crippen LogP contribution is -2.37. The molecule has 0 aromatic heterocycles. The molecule has 8 heteroatoms. The largest absolute Gasteiger partial charge is 0.506 e. The molecule has 0 aliphatic carbocycles. The number of aromatic hydroxyl groups is 1. The van der Waals surface area contributed by atoms with E-state index in [9.17, 15) is 18.3 Å².